The van der Waals surface area contributed by atoms with Crippen molar-refractivity contribution in [3.05, 3.63) is 0 Å². The zero-order valence-corrected chi connectivity index (χ0v) is 12.1. The molecule has 1 atom stereocenters. The molecular weight excluding hydrogens is 263 g/mol. The second kappa shape index (κ2) is 7.22. The molecule has 1 saturated heterocycles. The summed E-state index contributed by atoms with van der Waals surface area (Å²) in [6.45, 7) is 3.15. The highest BCUT2D eigenvalue weighted by Crippen LogP contribution is 2.39. The summed E-state index contributed by atoms with van der Waals surface area (Å²) in [6.07, 6.45) is 4.39. The van der Waals surface area contributed by atoms with Gasteiger partial charge in [0.05, 0.1) is 13.3 Å². The van der Waals surface area contributed by atoms with Gasteiger partial charge in [-0.2, -0.15) is 0 Å². The molecule has 0 aromatic rings. The van der Waals surface area contributed by atoms with Crippen LogP contribution in [-0.4, -0.2) is 44.3 Å². The molecule has 1 heterocycles. The normalized spacial score (nSPS) is 33.3. The Morgan fingerprint density at radius 3 is 2.80 bits per heavy atom. The van der Waals surface area contributed by atoms with Gasteiger partial charge in [0.1, 0.15) is 6.10 Å². The van der Waals surface area contributed by atoms with Gasteiger partial charge in [0.15, 0.2) is 5.79 Å². The van der Waals surface area contributed by atoms with E-state index in [1.807, 2.05) is 0 Å². The number of nitrogens with one attached hydrogen (secondary N) is 2. The lowest BCUT2D eigenvalue weighted by Gasteiger charge is -2.34. The molecule has 2 N–H and O–H groups in total. The number of carbonyl (C=O) groups is 1. The average Bonchev–Trinajstić information content (AvgIpc) is 2.84. The lowest BCUT2D eigenvalue weighted by atomic mass is 9.86. The fourth-order valence-corrected chi connectivity index (χ4v) is 2.72. The van der Waals surface area contributed by atoms with Crippen LogP contribution in [0.3, 0.4) is 0 Å². The Morgan fingerprint density at radius 2 is 2.10 bits per heavy atom. The molecule has 5 nitrogen and oxygen atoms in total. The summed E-state index contributed by atoms with van der Waals surface area (Å²) in [5.41, 5.74) is 0. The summed E-state index contributed by atoms with van der Waals surface area (Å²) in [7, 11) is 0. The summed E-state index contributed by atoms with van der Waals surface area (Å²) in [6, 6.07) is -0.278. The smallest absolute Gasteiger partial charge is 0.314 e. The molecule has 6 heteroatoms. The van der Waals surface area contributed by atoms with Gasteiger partial charge < -0.3 is 20.1 Å². The highest BCUT2D eigenvalue weighted by Gasteiger charge is 2.43. The molecule has 116 valence electrons. The Bertz CT molecular complexity index is 320. The minimum absolute atomic E-state index is 0.0877. The molecule has 1 aliphatic carbocycles. The Labute approximate surface area is 119 Å². The van der Waals surface area contributed by atoms with Crippen molar-refractivity contribution in [1.29, 1.82) is 0 Å². The summed E-state index contributed by atoms with van der Waals surface area (Å²) < 4.78 is 23.7. The van der Waals surface area contributed by atoms with E-state index in [0.717, 1.165) is 31.6 Å². The predicted molar refractivity (Wildman–Crippen MR) is 73.2 cm³/mol. The van der Waals surface area contributed by atoms with E-state index in [1.54, 1.807) is 0 Å². The lowest BCUT2D eigenvalue weighted by Crippen LogP contribution is -2.42. The highest BCUT2D eigenvalue weighted by atomic mass is 19.1. The molecule has 0 aromatic carbocycles. The van der Waals surface area contributed by atoms with Crippen LogP contribution in [0.4, 0.5) is 9.18 Å². The lowest BCUT2D eigenvalue weighted by molar-refractivity contribution is -0.191. The van der Waals surface area contributed by atoms with Crippen LogP contribution >= 0.6 is 0 Å². The summed E-state index contributed by atoms with van der Waals surface area (Å²) >= 11 is 0. The monoisotopic (exact) mass is 288 g/mol. The zero-order chi connectivity index (χ0) is 14.4. The van der Waals surface area contributed by atoms with E-state index in [2.05, 4.69) is 17.6 Å². The van der Waals surface area contributed by atoms with Crippen molar-refractivity contribution < 1.29 is 18.7 Å². The van der Waals surface area contributed by atoms with Crippen LogP contribution in [0.1, 0.15) is 39.0 Å². The van der Waals surface area contributed by atoms with Crippen LogP contribution in [0.5, 0.6) is 0 Å². The minimum atomic E-state index is -0.416. The first kappa shape index (κ1) is 15.5. The number of hydrogen-bond donors (Lipinski definition) is 2. The summed E-state index contributed by atoms with van der Waals surface area (Å²) in [5, 5.41) is 5.33. The van der Waals surface area contributed by atoms with Crippen LogP contribution < -0.4 is 10.6 Å². The summed E-state index contributed by atoms with van der Waals surface area (Å²) in [5.74, 6) is 0.329. The third-order valence-electron chi connectivity index (χ3n) is 4.04. The molecule has 2 amide bonds. The van der Waals surface area contributed by atoms with E-state index >= 15 is 0 Å². The molecule has 2 aliphatic rings. The molecule has 2 rings (SSSR count). The molecule has 1 spiro atoms. The minimum Gasteiger partial charge on any atom is -0.347 e. The van der Waals surface area contributed by atoms with Crippen LogP contribution in [0.15, 0.2) is 0 Å². The Morgan fingerprint density at radius 1 is 1.35 bits per heavy atom. The van der Waals surface area contributed by atoms with Crippen LogP contribution in [0, 0.1) is 5.92 Å². The number of amides is 2. The Balaban J connectivity index is 1.65. The zero-order valence-electron chi connectivity index (χ0n) is 12.1. The van der Waals surface area contributed by atoms with Gasteiger partial charge in [0.25, 0.3) is 0 Å². The standard InChI is InChI=1S/C14H25FN2O3/c1-11-3-5-14(6-4-11)19-10-12(20-14)9-17-13(18)16-8-2-7-15/h11-12H,2-10H2,1H3,(H2,16,17,18)/t11?,12-,14?/m0/s1. The third kappa shape index (κ3) is 4.31. The topological polar surface area (TPSA) is 59.6 Å². The van der Waals surface area contributed by atoms with Crippen LogP contribution in [0.25, 0.3) is 0 Å². The fraction of sp³-hybridized carbons (Fsp3) is 0.929. The molecule has 0 unspecified atom stereocenters. The van der Waals surface area contributed by atoms with Gasteiger partial charge in [-0.15, -0.1) is 0 Å². The molecule has 0 aromatic heterocycles. The largest absolute Gasteiger partial charge is 0.347 e. The van der Waals surface area contributed by atoms with Gasteiger partial charge >= 0.3 is 6.03 Å². The molecular formula is C14H25FN2O3. The van der Waals surface area contributed by atoms with Gasteiger partial charge in [0.2, 0.25) is 0 Å². The van der Waals surface area contributed by atoms with E-state index in [-0.39, 0.29) is 12.1 Å². The van der Waals surface area contributed by atoms with Crippen molar-refractivity contribution in [3.8, 4) is 0 Å². The first-order valence-electron chi connectivity index (χ1n) is 7.53. The number of hydrogen-bond acceptors (Lipinski definition) is 3. The molecule has 1 saturated carbocycles. The van der Waals surface area contributed by atoms with E-state index in [1.165, 1.54) is 0 Å². The van der Waals surface area contributed by atoms with Crippen molar-refractivity contribution in [2.75, 3.05) is 26.4 Å². The molecule has 0 bridgehead atoms. The fourth-order valence-electron chi connectivity index (χ4n) is 2.72. The second-order valence-electron chi connectivity index (χ2n) is 5.82. The van der Waals surface area contributed by atoms with E-state index in [4.69, 9.17) is 9.47 Å². The van der Waals surface area contributed by atoms with Gasteiger partial charge in [-0.1, -0.05) is 6.92 Å². The van der Waals surface area contributed by atoms with E-state index < -0.39 is 12.5 Å². The maximum Gasteiger partial charge on any atom is 0.314 e. The molecule has 0 radical (unpaired) electrons. The molecule has 2 fully saturated rings. The first-order chi connectivity index (χ1) is 9.63. The van der Waals surface area contributed by atoms with Gasteiger partial charge in [-0.3, -0.25) is 4.39 Å². The van der Waals surface area contributed by atoms with Crippen molar-refractivity contribution in [1.82, 2.24) is 10.6 Å². The number of urea groups is 1. The predicted octanol–water partition coefficient (Wildman–Crippen LogP) is 1.97. The maximum absolute atomic E-state index is 11.9. The Kier molecular flexibility index (Phi) is 5.60. The highest BCUT2D eigenvalue weighted by molar-refractivity contribution is 5.73. The summed E-state index contributed by atoms with van der Waals surface area (Å²) in [4.78, 5) is 11.4. The number of alkyl halides is 1. The SMILES string of the molecule is CC1CCC2(CC1)OC[C@H](CNC(=O)NCCCF)O2. The number of rotatable bonds is 5. The van der Waals surface area contributed by atoms with Crippen LogP contribution in [-0.2, 0) is 9.47 Å². The van der Waals surface area contributed by atoms with Gasteiger partial charge in [0, 0.05) is 25.9 Å². The third-order valence-corrected chi connectivity index (χ3v) is 4.04. The number of carbonyl (C=O) groups excluding carboxylic acids is 1. The van der Waals surface area contributed by atoms with Crippen molar-refractivity contribution in [2.45, 2.75) is 50.9 Å². The van der Waals surface area contributed by atoms with Crippen molar-refractivity contribution in [3.63, 3.8) is 0 Å². The van der Waals surface area contributed by atoms with Crippen LogP contribution in [0.2, 0.25) is 0 Å². The van der Waals surface area contributed by atoms with E-state index in [0.29, 0.717) is 26.1 Å². The molecule has 20 heavy (non-hydrogen) atoms. The Hall–Kier alpha value is -0.880. The quantitative estimate of drug-likeness (QED) is 0.760. The van der Waals surface area contributed by atoms with Gasteiger partial charge in [-0.25, -0.2) is 4.79 Å². The van der Waals surface area contributed by atoms with Crippen molar-refractivity contribution in [2.24, 2.45) is 5.92 Å². The second-order valence-corrected chi connectivity index (χ2v) is 5.82. The number of ether oxygens (including phenoxy) is 2. The van der Waals surface area contributed by atoms with Gasteiger partial charge in [-0.05, 0) is 25.2 Å². The average molecular weight is 288 g/mol. The van der Waals surface area contributed by atoms with Crippen molar-refractivity contribution >= 4 is 6.03 Å². The first-order valence-corrected chi connectivity index (χ1v) is 7.53. The molecule has 1 aliphatic heterocycles. The maximum atomic E-state index is 11.9. The number of halogens is 1. The van der Waals surface area contributed by atoms with E-state index in [9.17, 15) is 9.18 Å².